The Hall–Kier alpha value is -1.59. The SMILES string of the molecule is CCCCCCCCCCCCCCCCCCCC(=O)OC[C@H](COC(=O)CCCCCCCCCCCCCC(C)C)OC(=O)CCCCCCC. The summed E-state index contributed by atoms with van der Waals surface area (Å²) in [6.07, 6.45) is 42.6. The minimum absolute atomic E-state index is 0.0649. The second-order valence-corrected chi connectivity index (χ2v) is 16.9. The van der Waals surface area contributed by atoms with Crippen molar-refractivity contribution >= 4 is 17.9 Å². The van der Waals surface area contributed by atoms with Crippen molar-refractivity contribution in [3.63, 3.8) is 0 Å². The van der Waals surface area contributed by atoms with E-state index in [1.54, 1.807) is 0 Å². The first-order chi connectivity index (χ1) is 26.4. The molecular weight excluding hydrogens is 673 g/mol. The van der Waals surface area contributed by atoms with Crippen LogP contribution in [0.15, 0.2) is 0 Å². The zero-order valence-corrected chi connectivity index (χ0v) is 36.7. The highest BCUT2D eigenvalue weighted by Crippen LogP contribution is 2.16. The van der Waals surface area contributed by atoms with Gasteiger partial charge in [-0.25, -0.2) is 0 Å². The van der Waals surface area contributed by atoms with Crippen LogP contribution in [0.25, 0.3) is 0 Å². The summed E-state index contributed by atoms with van der Waals surface area (Å²) in [5.41, 5.74) is 0. The van der Waals surface area contributed by atoms with Gasteiger partial charge in [0.2, 0.25) is 0 Å². The van der Waals surface area contributed by atoms with Crippen molar-refractivity contribution in [1.82, 2.24) is 0 Å². The lowest BCUT2D eigenvalue weighted by atomic mass is 10.0. The number of carbonyl (C=O) groups excluding carboxylic acids is 3. The lowest BCUT2D eigenvalue weighted by molar-refractivity contribution is -0.167. The van der Waals surface area contributed by atoms with E-state index in [0.717, 1.165) is 70.1 Å². The lowest BCUT2D eigenvalue weighted by Gasteiger charge is -2.18. The molecule has 0 radical (unpaired) electrons. The number of carbonyl (C=O) groups is 3. The van der Waals surface area contributed by atoms with Crippen LogP contribution in [0.5, 0.6) is 0 Å². The van der Waals surface area contributed by atoms with Gasteiger partial charge >= 0.3 is 17.9 Å². The molecule has 0 fully saturated rings. The molecule has 320 valence electrons. The van der Waals surface area contributed by atoms with E-state index in [0.29, 0.717) is 19.3 Å². The summed E-state index contributed by atoms with van der Waals surface area (Å²) < 4.78 is 16.6. The maximum absolute atomic E-state index is 12.5. The van der Waals surface area contributed by atoms with E-state index < -0.39 is 6.10 Å². The summed E-state index contributed by atoms with van der Waals surface area (Å²) in [4.78, 5) is 37.5. The molecule has 6 heteroatoms. The fraction of sp³-hybridized carbons (Fsp3) is 0.938. The van der Waals surface area contributed by atoms with Crippen LogP contribution in [-0.2, 0) is 28.6 Å². The molecule has 0 amide bonds. The second kappa shape index (κ2) is 42.6. The molecule has 0 aromatic heterocycles. The molecule has 0 aliphatic heterocycles. The Morgan fingerprint density at radius 2 is 0.611 bits per heavy atom. The van der Waals surface area contributed by atoms with Crippen molar-refractivity contribution in [2.24, 2.45) is 5.92 Å². The first kappa shape index (κ1) is 52.4. The van der Waals surface area contributed by atoms with E-state index in [9.17, 15) is 14.4 Å². The highest BCUT2D eigenvalue weighted by molar-refractivity contribution is 5.71. The van der Waals surface area contributed by atoms with Crippen molar-refractivity contribution < 1.29 is 28.6 Å². The molecule has 0 aromatic rings. The molecule has 0 bridgehead atoms. The Morgan fingerprint density at radius 3 is 0.907 bits per heavy atom. The summed E-state index contributed by atoms with van der Waals surface area (Å²) in [5.74, 6) is -0.0388. The van der Waals surface area contributed by atoms with E-state index in [1.165, 1.54) is 154 Å². The van der Waals surface area contributed by atoms with Crippen molar-refractivity contribution in [3.05, 3.63) is 0 Å². The molecule has 0 unspecified atom stereocenters. The van der Waals surface area contributed by atoms with Crippen LogP contribution >= 0.6 is 0 Å². The van der Waals surface area contributed by atoms with Crippen molar-refractivity contribution in [3.8, 4) is 0 Å². The van der Waals surface area contributed by atoms with Crippen LogP contribution in [0.4, 0.5) is 0 Å². The van der Waals surface area contributed by atoms with Gasteiger partial charge < -0.3 is 14.2 Å². The van der Waals surface area contributed by atoms with E-state index in [-0.39, 0.29) is 31.1 Å². The number of hydrogen-bond acceptors (Lipinski definition) is 6. The third-order valence-corrected chi connectivity index (χ3v) is 10.8. The third-order valence-electron chi connectivity index (χ3n) is 10.8. The Kier molecular flexibility index (Phi) is 41.3. The van der Waals surface area contributed by atoms with Gasteiger partial charge in [0, 0.05) is 19.3 Å². The first-order valence-electron chi connectivity index (χ1n) is 23.9. The lowest BCUT2D eigenvalue weighted by Crippen LogP contribution is -2.30. The fourth-order valence-corrected chi connectivity index (χ4v) is 7.16. The molecule has 0 saturated heterocycles. The number of esters is 3. The van der Waals surface area contributed by atoms with Crippen LogP contribution in [0.1, 0.15) is 265 Å². The number of rotatable bonds is 43. The highest BCUT2D eigenvalue weighted by atomic mass is 16.6. The molecule has 0 N–H and O–H groups in total. The number of ether oxygens (including phenoxy) is 3. The third kappa shape index (κ3) is 41.6. The van der Waals surface area contributed by atoms with Gasteiger partial charge in [0.15, 0.2) is 6.10 Å². The van der Waals surface area contributed by atoms with Gasteiger partial charge in [-0.05, 0) is 25.2 Å². The molecule has 0 saturated carbocycles. The molecule has 1 atom stereocenters. The van der Waals surface area contributed by atoms with Crippen LogP contribution in [0.2, 0.25) is 0 Å². The molecule has 0 heterocycles. The number of hydrogen-bond donors (Lipinski definition) is 0. The molecule has 0 rings (SSSR count). The topological polar surface area (TPSA) is 78.9 Å². The predicted octanol–water partition coefficient (Wildman–Crippen LogP) is 15.1. The van der Waals surface area contributed by atoms with Crippen LogP contribution in [0, 0.1) is 5.92 Å². The number of unbranched alkanes of at least 4 members (excludes halogenated alkanes) is 30. The van der Waals surface area contributed by atoms with E-state index in [2.05, 4.69) is 27.7 Å². The average Bonchev–Trinajstić information content (AvgIpc) is 3.15. The Balaban J connectivity index is 4.09. The average molecular weight is 765 g/mol. The van der Waals surface area contributed by atoms with Gasteiger partial charge in [-0.2, -0.15) is 0 Å². The van der Waals surface area contributed by atoms with Gasteiger partial charge in [-0.15, -0.1) is 0 Å². The minimum Gasteiger partial charge on any atom is -0.462 e. The van der Waals surface area contributed by atoms with Crippen molar-refractivity contribution in [2.45, 2.75) is 271 Å². The standard InChI is InChI=1S/C48H92O6/c1-5-7-9-11-12-13-14-15-16-17-18-19-22-25-28-32-35-39-46(49)52-42-45(54-48(51)41-37-30-10-8-6-2)43-53-47(50)40-36-33-29-26-23-20-21-24-27-31-34-38-44(3)4/h44-45H,5-43H2,1-4H3/t45-/m1/s1. The van der Waals surface area contributed by atoms with Gasteiger partial charge in [-0.3, -0.25) is 14.4 Å². The van der Waals surface area contributed by atoms with Gasteiger partial charge in [0.1, 0.15) is 13.2 Å². The molecule has 0 aliphatic carbocycles. The second-order valence-electron chi connectivity index (χ2n) is 16.9. The van der Waals surface area contributed by atoms with Gasteiger partial charge in [-0.1, -0.05) is 227 Å². The summed E-state index contributed by atoms with van der Waals surface area (Å²) in [7, 11) is 0. The molecule has 0 aromatic carbocycles. The largest absolute Gasteiger partial charge is 0.462 e. The maximum atomic E-state index is 12.5. The van der Waals surface area contributed by atoms with Gasteiger partial charge in [0.25, 0.3) is 0 Å². The Bertz CT molecular complexity index is 811. The summed E-state index contributed by atoms with van der Waals surface area (Å²) in [6, 6.07) is 0. The zero-order valence-electron chi connectivity index (χ0n) is 36.7. The first-order valence-corrected chi connectivity index (χ1v) is 23.9. The highest BCUT2D eigenvalue weighted by Gasteiger charge is 2.19. The fourth-order valence-electron chi connectivity index (χ4n) is 7.16. The van der Waals surface area contributed by atoms with Crippen molar-refractivity contribution in [1.29, 1.82) is 0 Å². The molecule has 0 spiro atoms. The predicted molar refractivity (Wildman–Crippen MR) is 229 cm³/mol. The van der Waals surface area contributed by atoms with Crippen LogP contribution < -0.4 is 0 Å². The van der Waals surface area contributed by atoms with Crippen LogP contribution in [-0.4, -0.2) is 37.2 Å². The molecular formula is C48H92O6. The van der Waals surface area contributed by atoms with E-state index >= 15 is 0 Å². The molecule has 0 aliphatic rings. The maximum Gasteiger partial charge on any atom is 0.306 e. The molecule has 6 nitrogen and oxygen atoms in total. The molecule has 54 heavy (non-hydrogen) atoms. The van der Waals surface area contributed by atoms with E-state index in [1.807, 2.05) is 0 Å². The van der Waals surface area contributed by atoms with Crippen molar-refractivity contribution in [2.75, 3.05) is 13.2 Å². The Morgan fingerprint density at radius 1 is 0.352 bits per heavy atom. The van der Waals surface area contributed by atoms with Gasteiger partial charge in [0.05, 0.1) is 0 Å². The summed E-state index contributed by atoms with van der Waals surface area (Å²) >= 11 is 0. The monoisotopic (exact) mass is 765 g/mol. The Labute approximate surface area is 336 Å². The minimum atomic E-state index is -0.758. The zero-order chi connectivity index (χ0) is 39.6. The van der Waals surface area contributed by atoms with E-state index in [4.69, 9.17) is 14.2 Å². The quantitative estimate of drug-likeness (QED) is 0.0349. The normalized spacial score (nSPS) is 11.9. The van der Waals surface area contributed by atoms with Crippen LogP contribution in [0.3, 0.4) is 0 Å². The smallest absolute Gasteiger partial charge is 0.306 e. The summed E-state index contributed by atoms with van der Waals surface area (Å²) in [6.45, 7) is 8.93. The summed E-state index contributed by atoms with van der Waals surface area (Å²) in [5, 5.41) is 0.